The van der Waals surface area contributed by atoms with Gasteiger partial charge in [0.25, 0.3) is 0 Å². The van der Waals surface area contributed by atoms with Gasteiger partial charge in [-0.2, -0.15) is 0 Å². The van der Waals surface area contributed by atoms with Crippen molar-refractivity contribution in [3.05, 3.63) is 21.9 Å². The Morgan fingerprint density at radius 1 is 1.42 bits per heavy atom. The molecule has 0 unspecified atom stereocenters. The van der Waals surface area contributed by atoms with Gasteiger partial charge in [-0.25, -0.2) is 0 Å². The number of hydrogen-bond acceptors (Lipinski definition) is 3. The smallest absolute Gasteiger partial charge is 0.0335 e. The molecule has 2 N–H and O–H groups in total. The highest BCUT2D eigenvalue weighted by molar-refractivity contribution is 7.10. The lowest BCUT2D eigenvalue weighted by atomic mass is 9.74. The van der Waals surface area contributed by atoms with Crippen LogP contribution in [-0.2, 0) is 13.0 Å². The van der Waals surface area contributed by atoms with E-state index in [1.54, 1.807) is 10.4 Å². The monoisotopic (exact) mass is 278 g/mol. The van der Waals surface area contributed by atoms with Crippen LogP contribution in [0.25, 0.3) is 0 Å². The fourth-order valence-electron chi connectivity index (χ4n) is 3.93. The van der Waals surface area contributed by atoms with E-state index in [0.717, 1.165) is 19.0 Å². The van der Waals surface area contributed by atoms with E-state index in [4.69, 9.17) is 5.73 Å². The Labute approximate surface area is 121 Å². The van der Waals surface area contributed by atoms with Gasteiger partial charge in [0.05, 0.1) is 0 Å². The Balaban J connectivity index is 1.73. The largest absolute Gasteiger partial charge is 0.329 e. The van der Waals surface area contributed by atoms with Gasteiger partial charge in [0, 0.05) is 30.1 Å². The van der Waals surface area contributed by atoms with E-state index in [1.165, 1.54) is 45.1 Å². The Morgan fingerprint density at radius 3 is 2.89 bits per heavy atom. The minimum atomic E-state index is 0.297. The number of nitrogens with two attached hydrogens (primary N) is 1. The molecule has 1 aromatic heterocycles. The summed E-state index contributed by atoms with van der Waals surface area (Å²) >= 11 is 1.93. The molecule has 0 spiro atoms. The van der Waals surface area contributed by atoms with E-state index >= 15 is 0 Å². The fraction of sp³-hybridized carbons (Fsp3) is 0.750. The van der Waals surface area contributed by atoms with Gasteiger partial charge in [-0.3, -0.25) is 4.90 Å². The zero-order chi connectivity index (χ0) is 13.3. The molecule has 1 aliphatic carbocycles. The molecular weight excluding hydrogens is 252 g/mol. The number of rotatable bonds is 3. The number of fused-ring (bicyclic) bond motifs is 1. The number of nitrogens with zero attached hydrogens (tertiary/aromatic N) is 1. The molecule has 0 atom stereocenters. The lowest BCUT2D eigenvalue weighted by molar-refractivity contribution is 0.0311. The van der Waals surface area contributed by atoms with Gasteiger partial charge in [-0.05, 0) is 55.0 Å². The summed E-state index contributed by atoms with van der Waals surface area (Å²) in [5.41, 5.74) is 8.07. The summed E-state index contributed by atoms with van der Waals surface area (Å²) in [7, 11) is 0. The average molecular weight is 278 g/mol. The summed E-state index contributed by atoms with van der Waals surface area (Å²) in [4.78, 5) is 4.30. The van der Waals surface area contributed by atoms with Gasteiger partial charge >= 0.3 is 0 Å². The van der Waals surface area contributed by atoms with E-state index in [9.17, 15) is 0 Å². The maximum absolute atomic E-state index is 6.21. The summed E-state index contributed by atoms with van der Waals surface area (Å²) in [6.45, 7) is 5.51. The average Bonchev–Trinajstić information content (AvgIpc) is 2.94. The minimum Gasteiger partial charge on any atom is -0.329 e. The summed E-state index contributed by atoms with van der Waals surface area (Å²) in [6.07, 6.45) is 7.94. The first-order chi connectivity index (χ1) is 9.27. The Hall–Kier alpha value is -0.380. The molecule has 0 saturated heterocycles. The second kappa shape index (κ2) is 5.55. The molecule has 1 saturated carbocycles. The second-order valence-electron chi connectivity index (χ2n) is 6.32. The van der Waals surface area contributed by atoms with Crippen molar-refractivity contribution in [2.24, 2.45) is 11.7 Å². The van der Waals surface area contributed by atoms with E-state index in [2.05, 4.69) is 23.3 Å². The van der Waals surface area contributed by atoms with Crippen LogP contribution < -0.4 is 5.73 Å². The Morgan fingerprint density at radius 2 is 2.21 bits per heavy atom. The van der Waals surface area contributed by atoms with Gasteiger partial charge in [0.15, 0.2) is 0 Å². The van der Waals surface area contributed by atoms with E-state index in [1.807, 2.05) is 11.3 Å². The van der Waals surface area contributed by atoms with Crippen molar-refractivity contribution in [2.75, 3.05) is 13.1 Å². The van der Waals surface area contributed by atoms with Crippen LogP contribution in [0.5, 0.6) is 0 Å². The zero-order valence-electron chi connectivity index (χ0n) is 12.0. The van der Waals surface area contributed by atoms with Gasteiger partial charge in [-0.1, -0.05) is 13.3 Å². The molecule has 0 amide bonds. The van der Waals surface area contributed by atoms with Crippen molar-refractivity contribution >= 4 is 11.3 Å². The van der Waals surface area contributed by atoms with Gasteiger partial charge < -0.3 is 5.73 Å². The summed E-state index contributed by atoms with van der Waals surface area (Å²) in [5.74, 6) is 0.946. The van der Waals surface area contributed by atoms with Crippen LogP contribution in [0.1, 0.15) is 49.5 Å². The molecule has 1 aliphatic heterocycles. The first-order valence-electron chi connectivity index (χ1n) is 7.78. The number of hydrogen-bond donors (Lipinski definition) is 1. The first-order valence-corrected chi connectivity index (χ1v) is 8.66. The molecule has 0 bridgehead atoms. The molecule has 0 aromatic carbocycles. The fourth-order valence-corrected chi connectivity index (χ4v) is 4.82. The van der Waals surface area contributed by atoms with Crippen LogP contribution >= 0.6 is 11.3 Å². The zero-order valence-corrected chi connectivity index (χ0v) is 12.8. The predicted molar refractivity (Wildman–Crippen MR) is 82.5 cm³/mol. The summed E-state index contributed by atoms with van der Waals surface area (Å²) in [5, 5.41) is 2.25. The normalized spacial score (nSPS) is 32.2. The second-order valence-corrected chi connectivity index (χ2v) is 7.32. The third-order valence-corrected chi connectivity index (χ3v) is 6.49. The lowest BCUT2D eigenvalue weighted by Gasteiger charge is -2.49. The minimum absolute atomic E-state index is 0.297. The third-order valence-electron chi connectivity index (χ3n) is 5.47. The predicted octanol–water partition coefficient (Wildman–Crippen LogP) is 3.40. The molecule has 1 fully saturated rings. The topological polar surface area (TPSA) is 29.3 Å². The van der Waals surface area contributed by atoms with E-state index in [-0.39, 0.29) is 0 Å². The van der Waals surface area contributed by atoms with Crippen molar-refractivity contribution in [1.82, 2.24) is 4.90 Å². The highest BCUT2D eigenvalue weighted by Crippen LogP contribution is 2.39. The third kappa shape index (κ3) is 2.48. The van der Waals surface area contributed by atoms with Crippen LogP contribution in [0.3, 0.4) is 0 Å². The van der Waals surface area contributed by atoms with Gasteiger partial charge in [0.2, 0.25) is 0 Å². The highest BCUT2D eigenvalue weighted by Gasteiger charge is 2.40. The maximum atomic E-state index is 6.21. The molecule has 2 nitrogen and oxygen atoms in total. The first kappa shape index (κ1) is 13.6. The van der Waals surface area contributed by atoms with E-state index < -0.39 is 0 Å². The summed E-state index contributed by atoms with van der Waals surface area (Å²) < 4.78 is 0. The highest BCUT2D eigenvalue weighted by atomic mass is 32.1. The van der Waals surface area contributed by atoms with Crippen molar-refractivity contribution in [3.8, 4) is 0 Å². The van der Waals surface area contributed by atoms with Crippen LogP contribution in [-0.4, -0.2) is 23.5 Å². The molecule has 0 radical (unpaired) electrons. The molecule has 2 aliphatic rings. The molecule has 3 heteroatoms. The quantitative estimate of drug-likeness (QED) is 0.918. The van der Waals surface area contributed by atoms with Crippen LogP contribution in [0, 0.1) is 5.92 Å². The molecule has 106 valence electrons. The van der Waals surface area contributed by atoms with Crippen molar-refractivity contribution in [3.63, 3.8) is 0 Å². The Kier molecular flexibility index (Phi) is 3.97. The van der Waals surface area contributed by atoms with Crippen LogP contribution in [0.2, 0.25) is 0 Å². The van der Waals surface area contributed by atoms with Crippen molar-refractivity contribution < 1.29 is 0 Å². The Bertz CT molecular complexity index is 418. The molecule has 1 aromatic rings. The standard InChI is InChI=1S/C16H26N2S/c1-2-13-3-7-16(12-17,8-4-13)18-9-5-15-14(11-18)6-10-19-15/h6,10,13H,2-5,7-9,11-12,17H2,1H3. The lowest BCUT2D eigenvalue weighted by Crippen LogP contribution is -2.56. The van der Waals surface area contributed by atoms with Crippen LogP contribution in [0.4, 0.5) is 0 Å². The SMILES string of the molecule is CCC1CCC(CN)(N2CCc3sccc3C2)CC1. The molecular formula is C16H26N2S. The van der Waals surface area contributed by atoms with Crippen LogP contribution in [0.15, 0.2) is 11.4 Å². The molecule has 3 rings (SSSR count). The summed E-state index contributed by atoms with van der Waals surface area (Å²) in [6, 6.07) is 2.31. The molecule has 19 heavy (non-hydrogen) atoms. The van der Waals surface area contributed by atoms with Gasteiger partial charge in [-0.15, -0.1) is 11.3 Å². The van der Waals surface area contributed by atoms with Crippen molar-refractivity contribution in [2.45, 2.75) is 57.5 Å². The number of thiophene rings is 1. The van der Waals surface area contributed by atoms with Gasteiger partial charge in [0.1, 0.15) is 0 Å². The van der Waals surface area contributed by atoms with E-state index in [0.29, 0.717) is 5.54 Å². The maximum Gasteiger partial charge on any atom is 0.0335 e. The van der Waals surface area contributed by atoms with Crippen molar-refractivity contribution in [1.29, 1.82) is 0 Å². The molecule has 2 heterocycles.